The van der Waals surface area contributed by atoms with E-state index in [1.807, 2.05) is 37.3 Å². The molecule has 21 heavy (non-hydrogen) atoms. The van der Waals surface area contributed by atoms with Crippen molar-refractivity contribution in [2.24, 2.45) is 0 Å². The quantitative estimate of drug-likeness (QED) is 0.578. The average Bonchev–Trinajstić information content (AvgIpc) is 3.12. The summed E-state index contributed by atoms with van der Waals surface area (Å²) in [6, 6.07) is 11.8. The molecule has 3 aromatic rings. The maximum Gasteiger partial charge on any atom is 0.149 e. The van der Waals surface area contributed by atoms with Gasteiger partial charge in [-0.1, -0.05) is 12.1 Å². The summed E-state index contributed by atoms with van der Waals surface area (Å²) in [6.07, 6.45) is 6.89. The standard InChI is InChI=1S/C17H13N3O/c1-12-7-8-15-16(10-12)20-17(19-15)13(11-18)4-2-5-14-6-3-9-21-14/h2-10H,1H3,(H,19,20)/b5-2+,13-4+. The highest BCUT2D eigenvalue weighted by Crippen LogP contribution is 2.18. The van der Waals surface area contributed by atoms with Crippen LogP contribution in [-0.2, 0) is 0 Å². The van der Waals surface area contributed by atoms with Crippen molar-refractivity contribution in [3.63, 3.8) is 0 Å². The third-order valence-electron chi connectivity index (χ3n) is 3.08. The Hall–Kier alpha value is -3.06. The zero-order chi connectivity index (χ0) is 14.7. The summed E-state index contributed by atoms with van der Waals surface area (Å²) in [7, 11) is 0. The van der Waals surface area contributed by atoms with Crippen LogP contribution in [0.5, 0.6) is 0 Å². The maximum atomic E-state index is 9.28. The summed E-state index contributed by atoms with van der Waals surface area (Å²) in [4.78, 5) is 7.61. The van der Waals surface area contributed by atoms with Crippen molar-refractivity contribution in [1.29, 1.82) is 5.26 Å². The number of hydrogen-bond donors (Lipinski definition) is 1. The molecule has 0 radical (unpaired) electrons. The molecule has 0 atom stereocenters. The van der Waals surface area contributed by atoms with Gasteiger partial charge in [-0.2, -0.15) is 5.26 Å². The molecule has 0 saturated carbocycles. The van der Waals surface area contributed by atoms with E-state index in [0.29, 0.717) is 11.4 Å². The molecule has 0 spiro atoms. The van der Waals surface area contributed by atoms with E-state index >= 15 is 0 Å². The van der Waals surface area contributed by atoms with Crippen LogP contribution < -0.4 is 0 Å². The molecule has 0 amide bonds. The Labute approximate surface area is 122 Å². The Morgan fingerprint density at radius 1 is 1.38 bits per heavy atom. The predicted molar refractivity (Wildman–Crippen MR) is 82.2 cm³/mol. The molecule has 0 unspecified atom stereocenters. The number of aromatic amines is 1. The number of hydrogen-bond acceptors (Lipinski definition) is 3. The molecule has 4 heteroatoms. The van der Waals surface area contributed by atoms with E-state index in [1.54, 1.807) is 24.5 Å². The molecule has 0 bridgehead atoms. The number of allylic oxidation sites excluding steroid dienone is 3. The van der Waals surface area contributed by atoms with Crippen molar-refractivity contribution in [3.05, 3.63) is 65.9 Å². The van der Waals surface area contributed by atoms with Gasteiger partial charge in [0.1, 0.15) is 17.7 Å². The van der Waals surface area contributed by atoms with Gasteiger partial charge in [0.25, 0.3) is 0 Å². The Balaban J connectivity index is 1.92. The highest BCUT2D eigenvalue weighted by molar-refractivity contribution is 5.83. The first-order valence-electron chi connectivity index (χ1n) is 6.55. The molecule has 0 fully saturated rings. The highest BCUT2D eigenvalue weighted by Gasteiger charge is 2.06. The van der Waals surface area contributed by atoms with E-state index in [1.165, 1.54) is 0 Å². The van der Waals surface area contributed by atoms with Crippen LogP contribution in [0.3, 0.4) is 0 Å². The second kappa shape index (κ2) is 5.51. The van der Waals surface area contributed by atoms with E-state index in [2.05, 4.69) is 16.0 Å². The summed E-state index contributed by atoms with van der Waals surface area (Å²) in [5.74, 6) is 1.31. The first-order valence-corrected chi connectivity index (χ1v) is 6.55. The molecular formula is C17H13N3O. The van der Waals surface area contributed by atoms with Crippen LogP contribution in [0, 0.1) is 18.3 Å². The van der Waals surface area contributed by atoms with E-state index in [-0.39, 0.29) is 0 Å². The van der Waals surface area contributed by atoms with Gasteiger partial charge in [0.2, 0.25) is 0 Å². The molecule has 4 nitrogen and oxygen atoms in total. The summed E-state index contributed by atoms with van der Waals surface area (Å²) in [5.41, 5.74) is 3.41. The third kappa shape index (κ3) is 2.77. The van der Waals surface area contributed by atoms with Gasteiger partial charge >= 0.3 is 0 Å². The molecule has 102 valence electrons. The molecule has 2 aromatic heterocycles. The zero-order valence-corrected chi connectivity index (χ0v) is 11.5. The van der Waals surface area contributed by atoms with Gasteiger partial charge in [-0.3, -0.25) is 0 Å². The van der Waals surface area contributed by atoms with Crippen molar-refractivity contribution in [3.8, 4) is 6.07 Å². The number of nitrogens with zero attached hydrogens (tertiary/aromatic N) is 2. The summed E-state index contributed by atoms with van der Waals surface area (Å²) >= 11 is 0. The van der Waals surface area contributed by atoms with E-state index < -0.39 is 0 Å². The number of aromatic nitrogens is 2. The monoisotopic (exact) mass is 275 g/mol. The van der Waals surface area contributed by atoms with E-state index in [0.717, 1.165) is 22.4 Å². The Morgan fingerprint density at radius 2 is 2.29 bits per heavy atom. The van der Waals surface area contributed by atoms with Crippen LogP contribution in [0.2, 0.25) is 0 Å². The number of furan rings is 1. The fraction of sp³-hybridized carbons (Fsp3) is 0.0588. The van der Waals surface area contributed by atoms with Crippen LogP contribution in [0.25, 0.3) is 22.7 Å². The molecule has 1 N–H and O–H groups in total. The Morgan fingerprint density at radius 3 is 3.05 bits per heavy atom. The summed E-state index contributed by atoms with van der Waals surface area (Å²) < 4.78 is 5.19. The fourth-order valence-electron chi connectivity index (χ4n) is 2.05. The predicted octanol–water partition coefficient (Wildman–Crippen LogP) is 4.08. The van der Waals surface area contributed by atoms with Crippen molar-refractivity contribution < 1.29 is 4.42 Å². The SMILES string of the molecule is Cc1ccc2nc(/C(C#N)=C/C=C/c3ccco3)[nH]c2c1. The molecule has 0 aliphatic carbocycles. The number of imidazole rings is 1. The van der Waals surface area contributed by atoms with Crippen molar-refractivity contribution in [1.82, 2.24) is 9.97 Å². The van der Waals surface area contributed by atoms with Crippen LogP contribution in [0.1, 0.15) is 17.1 Å². The van der Waals surface area contributed by atoms with Crippen molar-refractivity contribution in [2.45, 2.75) is 6.92 Å². The smallest absolute Gasteiger partial charge is 0.149 e. The molecule has 2 heterocycles. The topological polar surface area (TPSA) is 65.6 Å². The Kier molecular flexibility index (Phi) is 3.40. The second-order valence-electron chi connectivity index (χ2n) is 4.67. The van der Waals surface area contributed by atoms with Crippen LogP contribution in [0.4, 0.5) is 0 Å². The van der Waals surface area contributed by atoms with Crippen LogP contribution in [0.15, 0.2) is 53.2 Å². The second-order valence-corrected chi connectivity index (χ2v) is 4.67. The third-order valence-corrected chi connectivity index (χ3v) is 3.08. The minimum absolute atomic E-state index is 0.478. The van der Waals surface area contributed by atoms with Gasteiger partial charge < -0.3 is 9.40 Å². The van der Waals surface area contributed by atoms with Crippen LogP contribution in [-0.4, -0.2) is 9.97 Å². The normalized spacial score (nSPS) is 12.1. The molecule has 3 rings (SSSR count). The van der Waals surface area contributed by atoms with Gasteiger partial charge in [0, 0.05) is 0 Å². The van der Waals surface area contributed by atoms with Gasteiger partial charge in [0.05, 0.1) is 22.9 Å². The van der Waals surface area contributed by atoms with E-state index in [4.69, 9.17) is 4.42 Å². The van der Waals surface area contributed by atoms with Gasteiger partial charge in [-0.15, -0.1) is 0 Å². The number of benzene rings is 1. The zero-order valence-electron chi connectivity index (χ0n) is 11.5. The number of nitrogens with one attached hydrogen (secondary N) is 1. The lowest BCUT2D eigenvalue weighted by Crippen LogP contribution is -1.83. The summed E-state index contributed by atoms with van der Waals surface area (Å²) in [6.45, 7) is 2.02. The van der Waals surface area contributed by atoms with Gasteiger partial charge in [-0.25, -0.2) is 4.98 Å². The Bertz CT molecular complexity index is 861. The fourth-order valence-corrected chi connectivity index (χ4v) is 2.05. The minimum atomic E-state index is 0.478. The number of rotatable bonds is 3. The average molecular weight is 275 g/mol. The van der Waals surface area contributed by atoms with Gasteiger partial charge in [-0.05, 0) is 48.9 Å². The largest absolute Gasteiger partial charge is 0.465 e. The lowest BCUT2D eigenvalue weighted by molar-refractivity contribution is 0.557. The lowest BCUT2D eigenvalue weighted by atomic mass is 10.2. The molecular weight excluding hydrogens is 262 g/mol. The molecule has 0 aliphatic rings. The number of nitriles is 1. The van der Waals surface area contributed by atoms with E-state index in [9.17, 15) is 5.26 Å². The highest BCUT2D eigenvalue weighted by atomic mass is 16.3. The number of H-pyrrole nitrogens is 1. The lowest BCUT2D eigenvalue weighted by Gasteiger charge is -1.90. The minimum Gasteiger partial charge on any atom is -0.465 e. The number of aryl methyl sites for hydroxylation is 1. The molecule has 1 aromatic carbocycles. The van der Waals surface area contributed by atoms with Crippen molar-refractivity contribution >= 4 is 22.7 Å². The maximum absolute atomic E-state index is 9.28. The molecule has 0 aliphatic heterocycles. The van der Waals surface area contributed by atoms with Crippen LogP contribution >= 0.6 is 0 Å². The number of fused-ring (bicyclic) bond motifs is 1. The summed E-state index contributed by atoms with van der Waals surface area (Å²) in [5, 5.41) is 9.28. The first kappa shape index (κ1) is 12.9. The van der Waals surface area contributed by atoms with Crippen molar-refractivity contribution in [2.75, 3.05) is 0 Å². The molecule has 0 saturated heterocycles. The first-order chi connectivity index (χ1) is 10.3. The van der Waals surface area contributed by atoms with Gasteiger partial charge in [0.15, 0.2) is 0 Å².